The fraction of sp³-hybridized carbons (Fsp3) is 0.742. The summed E-state index contributed by atoms with van der Waals surface area (Å²) < 4.78 is 23.4. The molecule has 1 amide bonds. The molecule has 3 unspecified atom stereocenters. The Hall–Kier alpha value is -2.58. The van der Waals surface area contributed by atoms with Crippen molar-refractivity contribution in [2.45, 2.75) is 276 Å². The van der Waals surface area contributed by atoms with E-state index in [-0.39, 0.29) is 12.5 Å². The highest BCUT2D eigenvalue weighted by atomic mass is 31.2. The summed E-state index contributed by atoms with van der Waals surface area (Å²) in [6.07, 6.45) is 80.7. The number of hydrogen-bond acceptors (Lipinski definition) is 6. The number of carbonyl (C=O) groups excluding carboxylic acids is 1. The summed E-state index contributed by atoms with van der Waals surface area (Å²) in [5.41, 5.74) is 0. The first-order chi connectivity index (χ1) is 36.5. The third kappa shape index (κ3) is 58.9. The minimum absolute atomic E-state index is 0.0117. The fourth-order valence-electron chi connectivity index (χ4n) is 8.68. The molecule has 3 atom stereocenters. The molecule has 0 rings (SSSR count). The number of amides is 1. The third-order valence-corrected chi connectivity index (χ3v) is 14.5. The SMILES string of the molecule is CC/C=C\C/C=C\C/C=C\C/C=C\C/C=C\CCCCCCCCCCCCCCCCCCCC(=O)NC(COP(=O)([O-])OCC[N+](C)(C)C)C(O)/C=C/CC/C=C/CC/C=C/CCCCCCCCCCCC. The molecule has 434 valence electrons. The van der Waals surface area contributed by atoms with Crippen LogP contribution in [0.5, 0.6) is 0 Å². The van der Waals surface area contributed by atoms with Crippen molar-refractivity contribution in [1.29, 1.82) is 0 Å². The number of quaternary nitrogens is 1. The maximum Gasteiger partial charge on any atom is 0.268 e. The van der Waals surface area contributed by atoms with E-state index in [2.05, 4.69) is 104 Å². The smallest absolute Gasteiger partial charge is 0.268 e. The molecule has 9 heteroatoms. The molecule has 0 bridgehead atoms. The summed E-state index contributed by atoms with van der Waals surface area (Å²) in [4.78, 5) is 25.5. The van der Waals surface area contributed by atoms with Gasteiger partial charge in [-0.25, -0.2) is 0 Å². The highest BCUT2D eigenvalue weighted by Crippen LogP contribution is 2.38. The van der Waals surface area contributed by atoms with Crippen LogP contribution in [0.15, 0.2) is 97.2 Å². The van der Waals surface area contributed by atoms with Gasteiger partial charge >= 0.3 is 0 Å². The number of phosphoric ester groups is 1. The van der Waals surface area contributed by atoms with Crippen LogP contribution in [0.3, 0.4) is 0 Å². The number of unbranched alkanes of at least 4 members (excludes halogenated alkanes) is 29. The molecule has 0 aliphatic heterocycles. The lowest BCUT2D eigenvalue weighted by atomic mass is 10.0. The van der Waals surface area contributed by atoms with Crippen molar-refractivity contribution >= 4 is 13.7 Å². The highest BCUT2D eigenvalue weighted by molar-refractivity contribution is 7.45. The van der Waals surface area contributed by atoms with Crippen molar-refractivity contribution in [2.75, 3.05) is 40.9 Å². The van der Waals surface area contributed by atoms with Crippen LogP contribution in [0.4, 0.5) is 0 Å². The molecular weight excluding hydrogens is 948 g/mol. The number of nitrogens with zero attached hydrogens (tertiary/aromatic N) is 1. The van der Waals surface area contributed by atoms with E-state index < -0.39 is 26.6 Å². The fourth-order valence-corrected chi connectivity index (χ4v) is 9.41. The van der Waals surface area contributed by atoms with E-state index in [1.807, 2.05) is 27.2 Å². The van der Waals surface area contributed by atoms with Gasteiger partial charge < -0.3 is 28.8 Å². The van der Waals surface area contributed by atoms with Crippen LogP contribution in [0, 0.1) is 0 Å². The molecule has 8 nitrogen and oxygen atoms in total. The Morgan fingerprint density at radius 1 is 0.480 bits per heavy atom. The summed E-state index contributed by atoms with van der Waals surface area (Å²) >= 11 is 0. The molecule has 0 aromatic rings. The van der Waals surface area contributed by atoms with Crippen molar-refractivity contribution < 1.29 is 32.9 Å². The predicted octanol–water partition coefficient (Wildman–Crippen LogP) is 18.7. The number of aliphatic hydroxyl groups is 1. The minimum Gasteiger partial charge on any atom is -0.756 e. The monoisotopic (exact) mass is 1070 g/mol. The van der Waals surface area contributed by atoms with Crippen LogP contribution in [-0.4, -0.2) is 68.5 Å². The average Bonchev–Trinajstić information content (AvgIpc) is 3.37. The third-order valence-electron chi connectivity index (χ3n) is 13.5. The van der Waals surface area contributed by atoms with Crippen molar-refractivity contribution in [3.8, 4) is 0 Å². The molecule has 0 radical (unpaired) electrons. The molecule has 0 heterocycles. The van der Waals surface area contributed by atoms with E-state index in [0.29, 0.717) is 17.4 Å². The van der Waals surface area contributed by atoms with Gasteiger partial charge in [0.25, 0.3) is 7.82 Å². The van der Waals surface area contributed by atoms with Crippen molar-refractivity contribution in [2.24, 2.45) is 0 Å². The number of hydrogen-bond donors (Lipinski definition) is 2. The van der Waals surface area contributed by atoms with Gasteiger partial charge in [0.2, 0.25) is 5.91 Å². The zero-order chi connectivity index (χ0) is 54.9. The van der Waals surface area contributed by atoms with E-state index in [4.69, 9.17) is 9.05 Å². The molecule has 0 aliphatic carbocycles. The Morgan fingerprint density at radius 2 is 0.827 bits per heavy atom. The maximum atomic E-state index is 13.0. The molecular formula is C66H119N2O6P. The topological polar surface area (TPSA) is 108 Å². The Balaban J connectivity index is 4.15. The van der Waals surface area contributed by atoms with Gasteiger partial charge in [0, 0.05) is 6.42 Å². The molecule has 0 aromatic heterocycles. The maximum absolute atomic E-state index is 13.0. The van der Waals surface area contributed by atoms with Gasteiger partial charge in [0.1, 0.15) is 13.2 Å². The van der Waals surface area contributed by atoms with Gasteiger partial charge in [-0.2, -0.15) is 0 Å². The van der Waals surface area contributed by atoms with E-state index in [1.54, 1.807) is 6.08 Å². The lowest BCUT2D eigenvalue weighted by Gasteiger charge is -2.29. The van der Waals surface area contributed by atoms with E-state index in [1.165, 1.54) is 167 Å². The van der Waals surface area contributed by atoms with Crippen LogP contribution in [0.25, 0.3) is 0 Å². The largest absolute Gasteiger partial charge is 0.756 e. The van der Waals surface area contributed by atoms with Gasteiger partial charge in [-0.3, -0.25) is 9.36 Å². The van der Waals surface area contributed by atoms with Gasteiger partial charge in [-0.15, -0.1) is 0 Å². The van der Waals surface area contributed by atoms with E-state index in [0.717, 1.165) is 77.0 Å². The standard InChI is InChI=1S/C66H119N2O6P/c1-6-8-10-12-14-16-18-20-22-24-26-28-29-30-31-32-33-34-35-36-37-38-39-40-42-44-46-48-50-52-54-56-58-60-66(70)67-64(63-74-75(71,72)73-62-61-68(3,4)5)65(69)59-57-55-53-51-49-47-45-43-41-27-25-23-21-19-17-15-13-11-9-7-2/h8,10,14,16,20,22,26,28,30-31,41,43,49,51,57,59,64-65,69H,6-7,9,11-13,15,17-19,21,23-25,27,29,32-40,42,44-48,50,52-56,58,60-63H2,1-5H3,(H-,67,70,71,72)/b10-8-,16-14-,22-20-,28-26-,31-30-,43-41+,51-49+,59-57+. The second-order valence-electron chi connectivity index (χ2n) is 22.0. The molecule has 75 heavy (non-hydrogen) atoms. The van der Waals surface area contributed by atoms with Crippen LogP contribution in [0.1, 0.15) is 264 Å². The van der Waals surface area contributed by atoms with Crippen LogP contribution in [0.2, 0.25) is 0 Å². The van der Waals surface area contributed by atoms with Crippen molar-refractivity contribution in [3.63, 3.8) is 0 Å². The summed E-state index contributed by atoms with van der Waals surface area (Å²) in [6, 6.07) is -0.915. The number of aliphatic hydroxyl groups excluding tert-OH is 1. The quantitative estimate of drug-likeness (QED) is 0.0272. The van der Waals surface area contributed by atoms with E-state index in [9.17, 15) is 19.4 Å². The Bertz CT molecular complexity index is 1540. The molecule has 0 fully saturated rings. The molecule has 2 N–H and O–H groups in total. The Morgan fingerprint density at radius 3 is 1.24 bits per heavy atom. The number of carbonyl (C=O) groups is 1. The summed E-state index contributed by atoms with van der Waals surface area (Å²) in [5, 5.41) is 13.9. The molecule has 0 saturated carbocycles. The number of nitrogens with one attached hydrogen (secondary N) is 1. The zero-order valence-corrected chi connectivity index (χ0v) is 50.4. The van der Waals surface area contributed by atoms with Crippen LogP contribution >= 0.6 is 7.82 Å². The number of phosphoric acid groups is 1. The number of rotatable bonds is 56. The van der Waals surface area contributed by atoms with Crippen LogP contribution in [-0.2, 0) is 18.4 Å². The first-order valence-corrected chi connectivity index (χ1v) is 32.6. The Labute approximate surface area is 464 Å². The van der Waals surface area contributed by atoms with Gasteiger partial charge in [0.15, 0.2) is 0 Å². The van der Waals surface area contributed by atoms with Gasteiger partial charge in [-0.05, 0) is 89.9 Å². The second-order valence-corrected chi connectivity index (χ2v) is 23.4. The van der Waals surface area contributed by atoms with Crippen molar-refractivity contribution in [3.05, 3.63) is 97.2 Å². The molecule has 0 saturated heterocycles. The first-order valence-electron chi connectivity index (χ1n) is 31.1. The van der Waals surface area contributed by atoms with Crippen molar-refractivity contribution in [1.82, 2.24) is 5.32 Å². The lowest BCUT2D eigenvalue weighted by molar-refractivity contribution is -0.870. The molecule has 0 aromatic carbocycles. The second kappa shape index (κ2) is 56.2. The molecule has 0 aliphatic rings. The van der Waals surface area contributed by atoms with E-state index >= 15 is 0 Å². The highest BCUT2D eigenvalue weighted by Gasteiger charge is 2.23. The van der Waals surface area contributed by atoms with Gasteiger partial charge in [0.05, 0.1) is 39.9 Å². The van der Waals surface area contributed by atoms with Crippen LogP contribution < -0.4 is 10.2 Å². The Kier molecular flexibility index (Phi) is 54.2. The number of allylic oxidation sites excluding steroid dienone is 15. The summed E-state index contributed by atoms with van der Waals surface area (Å²) in [6.45, 7) is 4.52. The van der Waals surface area contributed by atoms with Gasteiger partial charge in [-0.1, -0.05) is 265 Å². The number of likely N-dealkylation sites (N-methyl/N-ethyl adjacent to an activating group) is 1. The lowest BCUT2D eigenvalue weighted by Crippen LogP contribution is -2.45. The predicted molar refractivity (Wildman–Crippen MR) is 325 cm³/mol. The normalized spacial score (nSPS) is 14.5. The summed E-state index contributed by atoms with van der Waals surface area (Å²) in [7, 11) is 1.23. The first kappa shape index (κ1) is 72.4. The zero-order valence-electron chi connectivity index (χ0n) is 49.5. The minimum atomic E-state index is -4.61. The summed E-state index contributed by atoms with van der Waals surface area (Å²) in [5.74, 6) is -0.212. The average molecular weight is 1070 g/mol. The molecule has 0 spiro atoms.